The van der Waals surface area contributed by atoms with E-state index in [1.165, 1.54) is 21.5 Å². The van der Waals surface area contributed by atoms with E-state index in [-0.39, 0.29) is 0 Å². The second kappa shape index (κ2) is 8.15. The van der Waals surface area contributed by atoms with Crippen LogP contribution in [0.15, 0.2) is 28.7 Å². The van der Waals surface area contributed by atoms with Gasteiger partial charge in [0, 0.05) is 16.3 Å². The van der Waals surface area contributed by atoms with Crippen molar-refractivity contribution in [1.82, 2.24) is 5.32 Å². The Hall–Kier alpha value is 0.01000. The molecule has 1 rings (SSSR count). The van der Waals surface area contributed by atoms with Crippen LogP contribution in [-0.2, 0) is 6.42 Å². The zero-order chi connectivity index (χ0) is 11.8. The molecule has 1 unspecified atom stereocenters. The van der Waals surface area contributed by atoms with Gasteiger partial charge in [-0.3, -0.25) is 0 Å². The minimum atomic E-state index is 0.587. The number of halogens is 1. The maximum Gasteiger partial charge on any atom is 0.0198 e. The van der Waals surface area contributed by atoms with E-state index in [4.69, 9.17) is 0 Å². The van der Waals surface area contributed by atoms with Crippen molar-refractivity contribution in [2.75, 3.05) is 18.1 Å². The summed E-state index contributed by atoms with van der Waals surface area (Å²) < 4.78 is 1.17. The third-order valence-electron chi connectivity index (χ3n) is 2.39. The Kier molecular flexibility index (Phi) is 7.17. The molecule has 0 amide bonds. The van der Waals surface area contributed by atoms with E-state index < -0.39 is 0 Å². The minimum Gasteiger partial charge on any atom is -0.313 e. The zero-order valence-electron chi connectivity index (χ0n) is 10.0. The van der Waals surface area contributed by atoms with Crippen molar-refractivity contribution >= 4 is 27.7 Å². The van der Waals surface area contributed by atoms with E-state index in [2.05, 4.69) is 59.4 Å². The van der Waals surface area contributed by atoms with Gasteiger partial charge in [-0.15, -0.1) is 0 Å². The van der Waals surface area contributed by atoms with Crippen LogP contribution in [0.4, 0.5) is 0 Å². The molecule has 0 bridgehead atoms. The van der Waals surface area contributed by atoms with Gasteiger partial charge in [0.15, 0.2) is 0 Å². The predicted molar refractivity (Wildman–Crippen MR) is 78.3 cm³/mol. The number of hydrogen-bond acceptors (Lipinski definition) is 2. The van der Waals surface area contributed by atoms with Crippen molar-refractivity contribution in [3.63, 3.8) is 0 Å². The highest BCUT2D eigenvalue weighted by molar-refractivity contribution is 9.10. The number of nitrogens with one attached hydrogen (secondary N) is 1. The lowest BCUT2D eigenvalue weighted by atomic mass is 10.1. The first kappa shape index (κ1) is 14.1. The fraction of sp³-hybridized carbons (Fsp3) is 0.538. The second-order valence-electron chi connectivity index (χ2n) is 3.75. The van der Waals surface area contributed by atoms with Gasteiger partial charge in [0.1, 0.15) is 0 Å². The van der Waals surface area contributed by atoms with Crippen molar-refractivity contribution in [1.29, 1.82) is 0 Å². The van der Waals surface area contributed by atoms with Crippen LogP contribution in [0.25, 0.3) is 0 Å². The third kappa shape index (κ3) is 5.37. The summed E-state index contributed by atoms with van der Waals surface area (Å²) in [4.78, 5) is 0. The van der Waals surface area contributed by atoms with Gasteiger partial charge in [-0.2, -0.15) is 11.8 Å². The summed E-state index contributed by atoms with van der Waals surface area (Å²) in [5, 5.41) is 3.55. The van der Waals surface area contributed by atoms with Crippen molar-refractivity contribution in [2.24, 2.45) is 0 Å². The molecule has 1 N–H and O–H groups in total. The summed E-state index contributed by atoms with van der Waals surface area (Å²) in [5.41, 5.74) is 1.40. The molecule has 0 radical (unpaired) electrons. The molecule has 0 aliphatic heterocycles. The lowest BCUT2D eigenvalue weighted by Crippen LogP contribution is -2.33. The minimum absolute atomic E-state index is 0.587. The molecule has 0 fully saturated rings. The van der Waals surface area contributed by atoms with Crippen molar-refractivity contribution in [2.45, 2.75) is 26.3 Å². The van der Waals surface area contributed by atoms with Gasteiger partial charge in [-0.1, -0.05) is 41.9 Å². The van der Waals surface area contributed by atoms with Gasteiger partial charge in [-0.05, 0) is 36.4 Å². The fourth-order valence-corrected chi connectivity index (χ4v) is 2.89. The maximum atomic E-state index is 3.55. The summed E-state index contributed by atoms with van der Waals surface area (Å²) in [7, 11) is 0. The molecule has 0 aliphatic carbocycles. The van der Waals surface area contributed by atoms with Gasteiger partial charge in [0.05, 0.1) is 0 Å². The molecule has 90 valence electrons. The van der Waals surface area contributed by atoms with Crippen LogP contribution in [0.2, 0.25) is 0 Å². The van der Waals surface area contributed by atoms with E-state index in [9.17, 15) is 0 Å². The first-order chi connectivity index (χ1) is 7.76. The van der Waals surface area contributed by atoms with Crippen LogP contribution >= 0.6 is 27.7 Å². The molecule has 1 atom stereocenters. The highest BCUT2D eigenvalue weighted by atomic mass is 79.9. The normalized spacial score (nSPS) is 12.7. The smallest absolute Gasteiger partial charge is 0.0198 e. The van der Waals surface area contributed by atoms with Crippen LogP contribution in [0.3, 0.4) is 0 Å². The van der Waals surface area contributed by atoms with E-state index in [0.717, 1.165) is 13.0 Å². The summed E-state index contributed by atoms with van der Waals surface area (Å²) >= 11 is 5.52. The highest BCUT2D eigenvalue weighted by Crippen LogP contribution is 2.14. The topological polar surface area (TPSA) is 12.0 Å². The number of hydrogen-bond donors (Lipinski definition) is 1. The number of rotatable bonds is 7. The molecule has 16 heavy (non-hydrogen) atoms. The molecule has 0 spiro atoms. The largest absolute Gasteiger partial charge is 0.313 e. The monoisotopic (exact) mass is 301 g/mol. The Labute approximate surface area is 112 Å². The SMILES string of the molecule is CCNC(CSCC)Cc1cccc(Br)c1. The molecule has 3 heteroatoms. The highest BCUT2D eigenvalue weighted by Gasteiger charge is 2.08. The van der Waals surface area contributed by atoms with E-state index >= 15 is 0 Å². The maximum absolute atomic E-state index is 3.55. The molecular formula is C13H20BrNS. The zero-order valence-corrected chi connectivity index (χ0v) is 12.4. The summed E-state index contributed by atoms with van der Waals surface area (Å²) in [5.74, 6) is 2.39. The van der Waals surface area contributed by atoms with Crippen LogP contribution < -0.4 is 5.32 Å². The number of thioether (sulfide) groups is 1. The van der Waals surface area contributed by atoms with Crippen molar-refractivity contribution < 1.29 is 0 Å². The van der Waals surface area contributed by atoms with Gasteiger partial charge < -0.3 is 5.32 Å². The molecule has 0 aromatic heterocycles. The summed E-state index contributed by atoms with van der Waals surface area (Å²) in [6, 6.07) is 9.18. The van der Waals surface area contributed by atoms with Gasteiger partial charge >= 0.3 is 0 Å². The first-order valence-corrected chi connectivity index (χ1v) is 7.76. The van der Waals surface area contributed by atoms with E-state index in [0.29, 0.717) is 6.04 Å². The Morgan fingerprint density at radius 3 is 2.81 bits per heavy atom. The van der Waals surface area contributed by atoms with E-state index in [1.54, 1.807) is 0 Å². The molecule has 1 nitrogen and oxygen atoms in total. The second-order valence-corrected chi connectivity index (χ2v) is 5.98. The average Bonchev–Trinajstić information content (AvgIpc) is 2.26. The Bertz CT molecular complexity index is 304. The fourth-order valence-electron chi connectivity index (χ4n) is 1.69. The van der Waals surface area contributed by atoms with Crippen molar-refractivity contribution in [3.8, 4) is 0 Å². The van der Waals surface area contributed by atoms with Crippen LogP contribution in [0.1, 0.15) is 19.4 Å². The quantitative estimate of drug-likeness (QED) is 0.824. The lowest BCUT2D eigenvalue weighted by Gasteiger charge is -2.17. The molecule has 1 aromatic rings. The summed E-state index contributed by atoms with van der Waals surface area (Å²) in [6.07, 6.45) is 1.11. The molecule has 0 aliphatic rings. The molecule has 0 saturated heterocycles. The van der Waals surface area contributed by atoms with Gasteiger partial charge in [0.25, 0.3) is 0 Å². The standard InChI is InChI=1S/C13H20BrNS/c1-3-15-13(10-16-4-2)9-11-6-5-7-12(14)8-11/h5-8,13,15H,3-4,9-10H2,1-2H3. The number of likely N-dealkylation sites (N-methyl/N-ethyl adjacent to an activating group) is 1. The molecule has 0 heterocycles. The molecule has 0 saturated carbocycles. The van der Waals surface area contributed by atoms with Crippen LogP contribution in [-0.4, -0.2) is 24.1 Å². The van der Waals surface area contributed by atoms with Gasteiger partial charge in [0.2, 0.25) is 0 Å². The van der Waals surface area contributed by atoms with Crippen LogP contribution in [0, 0.1) is 0 Å². The first-order valence-electron chi connectivity index (χ1n) is 5.81. The van der Waals surface area contributed by atoms with E-state index in [1.807, 2.05) is 11.8 Å². The molecular weight excluding hydrogens is 282 g/mol. The average molecular weight is 302 g/mol. The van der Waals surface area contributed by atoms with Crippen LogP contribution in [0.5, 0.6) is 0 Å². The predicted octanol–water partition coefficient (Wildman–Crippen LogP) is 3.72. The summed E-state index contributed by atoms with van der Waals surface area (Å²) in [6.45, 7) is 5.43. The lowest BCUT2D eigenvalue weighted by molar-refractivity contribution is 0.572. The third-order valence-corrected chi connectivity index (χ3v) is 3.93. The van der Waals surface area contributed by atoms with Gasteiger partial charge in [-0.25, -0.2) is 0 Å². The number of benzene rings is 1. The Morgan fingerprint density at radius 2 is 2.19 bits per heavy atom. The Balaban J connectivity index is 2.52. The molecule has 1 aromatic carbocycles. The van der Waals surface area contributed by atoms with Crippen molar-refractivity contribution in [3.05, 3.63) is 34.3 Å². The Morgan fingerprint density at radius 1 is 1.38 bits per heavy atom.